The van der Waals surface area contributed by atoms with Crippen LogP contribution in [0.25, 0.3) is 0 Å². The van der Waals surface area contributed by atoms with Crippen molar-refractivity contribution in [3.05, 3.63) is 47.9 Å². The first-order valence-electron chi connectivity index (χ1n) is 4.86. The minimum absolute atomic E-state index is 0.979. The lowest BCUT2D eigenvalue weighted by atomic mass is 9.97. The molecule has 14 heavy (non-hydrogen) atoms. The van der Waals surface area contributed by atoms with E-state index in [1.165, 1.54) is 5.56 Å². The Morgan fingerprint density at radius 3 is 2.71 bits per heavy atom. The summed E-state index contributed by atoms with van der Waals surface area (Å²) < 4.78 is 5.42. The van der Waals surface area contributed by atoms with Gasteiger partial charge in [-0.1, -0.05) is 38.1 Å². The van der Waals surface area contributed by atoms with Crippen molar-refractivity contribution < 1.29 is 4.74 Å². The maximum Gasteiger partial charge on any atom is 0.126 e. The van der Waals surface area contributed by atoms with Gasteiger partial charge in [-0.15, -0.1) is 6.58 Å². The Bertz CT molecular complexity index is 315. The van der Waals surface area contributed by atoms with Crippen molar-refractivity contribution >= 4 is 0 Å². The summed E-state index contributed by atoms with van der Waals surface area (Å²) in [6, 6.07) is 6.22. The summed E-state index contributed by atoms with van der Waals surface area (Å²) in [5, 5.41) is 0. The Hall–Kier alpha value is -1.24. The van der Waals surface area contributed by atoms with Gasteiger partial charge >= 0.3 is 0 Å². The van der Waals surface area contributed by atoms with E-state index in [2.05, 4.69) is 31.7 Å². The van der Waals surface area contributed by atoms with Gasteiger partial charge in [-0.2, -0.15) is 0 Å². The minimum atomic E-state index is 0.979. The standard InChI is InChI=1S/C13H17O/c1-5-10(3)12-9-7-8-11(6-2)13(12)14-4/h5,7-9H,1,6H2,2-4H3. The van der Waals surface area contributed by atoms with Gasteiger partial charge in [-0.05, 0) is 12.0 Å². The molecule has 0 fully saturated rings. The molecule has 1 nitrogen and oxygen atoms in total. The molecule has 1 heteroatoms. The van der Waals surface area contributed by atoms with E-state index in [9.17, 15) is 0 Å². The van der Waals surface area contributed by atoms with Crippen molar-refractivity contribution in [2.24, 2.45) is 0 Å². The zero-order valence-electron chi connectivity index (χ0n) is 9.13. The number of ether oxygens (including phenoxy) is 1. The Balaban J connectivity index is 3.21. The molecular formula is C13H17O. The van der Waals surface area contributed by atoms with Gasteiger partial charge in [0.15, 0.2) is 0 Å². The quantitative estimate of drug-likeness (QED) is 0.705. The van der Waals surface area contributed by atoms with Crippen LogP contribution in [0.15, 0.2) is 30.9 Å². The lowest BCUT2D eigenvalue weighted by Gasteiger charge is -2.14. The molecule has 1 radical (unpaired) electrons. The van der Waals surface area contributed by atoms with Crippen molar-refractivity contribution in [1.82, 2.24) is 0 Å². The zero-order valence-corrected chi connectivity index (χ0v) is 9.13. The molecule has 0 unspecified atom stereocenters. The highest BCUT2D eigenvalue weighted by Gasteiger charge is 2.11. The highest BCUT2D eigenvalue weighted by Crippen LogP contribution is 2.30. The van der Waals surface area contributed by atoms with Gasteiger partial charge in [0.2, 0.25) is 0 Å². The normalized spacial score (nSPS) is 10.3. The third-order valence-corrected chi connectivity index (χ3v) is 2.41. The average molecular weight is 189 g/mol. The maximum atomic E-state index is 5.42. The Morgan fingerprint density at radius 1 is 1.50 bits per heavy atom. The number of rotatable bonds is 4. The fourth-order valence-electron chi connectivity index (χ4n) is 1.52. The van der Waals surface area contributed by atoms with Gasteiger partial charge in [-0.3, -0.25) is 0 Å². The van der Waals surface area contributed by atoms with E-state index < -0.39 is 0 Å². The zero-order chi connectivity index (χ0) is 10.6. The number of methoxy groups -OCH3 is 1. The molecule has 0 aliphatic rings. The van der Waals surface area contributed by atoms with Gasteiger partial charge < -0.3 is 4.74 Å². The van der Waals surface area contributed by atoms with Crippen molar-refractivity contribution in [1.29, 1.82) is 0 Å². The fourth-order valence-corrected chi connectivity index (χ4v) is 1.52. The second-order valence-electron chi connectivity index (χ2n) is 3.24. The van der Waals surface area contributed by atoms with Crippen LogP contribution < -0.4 is 4.74 Å². The molecule has 0 aliphatic heterocycles. The predicted octanol–water partition coefficient (Wildman–Crippen LogP) is 3.39. The predicted molar refractivity (Wildman–Crippen MR) is 60.6 cm³/mol. The van der Waals surface area contributed by atoms with E-state index in [0.717, 1.165) is 23.7 Å². The van der Waals surface area contributed by atoms with E-state index >= 15 is 0 Å². The number of para-hydroxylation sites is 1. The van der Waals surface area contributed by atoms with Crippen LogP contribution in [-0.2, 0) is 6.42 Å². The fraction of sp³-hybridized carbons (Fsp3) is 0.308. The Kier molecular flexibility index (Phi) is 3.75. The molecule has 0 amide bonds. The average Bonchev–Trinajstić information content (AvgIpc) is 2.26. The smallest absolute Gasteiger partial charge is 0.126 e. The molecule has 1 rings (SSSR count). The van der Waals surface area contributed by atoms with Crippen LogP contribution in [0.5, 0.6) is 5.75 Å². The first kappa shape index (κ1) is 10.8. The van der Waals surface area contributed by atoms with Crippen molar-refractivity contribution in [2.75, 3.05) is 7.11 Å². The van der Waals surface area contributed by atoms with Gasteiger partial charge in [0, 0.05) is 11.5 Å². The highest BCUT2D eigenvalue weighted by atomic mass is 16.5. The molecule has 0 N–H and O–H groups in total. The van der Waals surface area contributed by atoms with Crippen molar-refractivity contribution in [2.45, 2.75) is 20.3 Å². The molecular weight excluding hydrogens is 172 g/mol. The summed E-state index contributed by atoms with van der Waals surface area (Å²) in [7, 11) is 1.72. The number of allylic oxidation sites excluding steroid dienone is 1. The largest absolute Gasteiger partial charge is 0.496 e. The van der Waals surface area contributed by atoms with Gasteiger partial charge in [0.1, 0.15) is 5.75 Å². The number of benzene rings is 1. The first-order chi connectivity index (χ1) is 6.74. The van der Waals surface area contributed by atoms with E-state index in [1.54, 1.807) is 7.11 Å². The molecule has 0 atom stereocenters. The first-order valence-corrected chi connectivity index (χ1v) is 4.86. The van der Waals surface area contributed by atoms with Gasteiger partial charge in [-0.25, -0.2) is 0 Å². The van der Waals surface area contributed by atoms with Crippen LogP contribution in [-0.4, -0.2) is 7.11 Å². The second kappa shape index (κ2) is 4.85. The van der Waals surface area contributed by atoms with Crippen LogP contribution in [0, 0.1) is 5.92 Å². The molecule has 0 saturated carbocycles. The van der Waals surface area contributed by atoms with E-state index in [4.69, 9.17) is 4.74 Å². The summed E-state index contributed by atoms with van der Waals surface area (Å²) in [6.07, 6.45) is 2.85. The molecule has 0 saturated heterocycles. The monoisotopic (exact) mass is 189 g/mol. The lowest BCUT2D eigenvalue weighted by Crippen LogP contribution is -1.99. The lowest BCUT2D eigenvalue weighted by molar-refractivity contribution is 0.407. The molecule has 75 valence electrons. The molecule has 0 aromatic heterocycles. The minimum Gasteiger partial charge on any atom is -0.496 e. The van der Waals surface area contributed by atoms with E-state index in [0.29, 0.717) is 0 Å². The summed E-state index contributed by atoms with van der Waals surface area (Å²) in [6.45, 7) is 7.95. The van der Waals surface area contributed by atoms with Crippen molar-refractivity contribution in [3.63, 3.8) is 0 Å². The Labute approximate surface area is 86.4 Å². The molecule has 0 aliphatic carbocycles. The van der Waals surface area contributed by atoms with Crippen LogP contribution >= 0.6 is 0 Å². The summed E-state index contributed by atoms with van der Waals surface area (Å²) in [4.78, 5) is 0. The van der Waals surface area contributed by atoms with Crippen LogP contribution in [0.2, 0.25) is 0 Å². The third-order valence-electron chi connectivity index (χ3n) is 2.41. The third kappa shape index (κ3) is 1.98. The van der Waals surface area contributed by atoms with Crippen LogP contribution in [0.4, 0.5) is 0 Å². The topological polar surface area (TPSA) is 9.23 Å². The number of hydrogen-bond acceptors (Lipinski definition) is 1. The van der Waals surface area contributed by atoms with E-state index in [-0.39, 0.29) is 0 Å². The summed E-state index contributed by atoms with van der Waals surface area (Å²) in [5.74, 6) is 2.13. The molecule has 0 bridgehead atoms. The van der Waals surface area contributed by atoms with Crippen LogP contribution in [0.1, 0.15) is 25.0 Å². The van der Waals surface area contributed by atoms with Gasteiger partial charge in [0.05, 0.1) is 7.11 Å². The van der Waals surface area contributed by atoms with Crippen LogP contribution in [0.3, 0.4) is 0 Å². The van der Waals surface area contributed by atoms with Crippen molar-refractivity contribution in [3.8, 4) is 5.75 Å². The maximum absolute atomic E-state index is 5.42. The van der Waals surface area contributed by atoms with Gasteiger partial charge in [0.25, 0.3) is 0 Å². The molecule has 1 aromatic rings. The molecule has 1 aromatic carbocycles. The molecule has 0 spiro atoms. The second-order valence-corrected chi connectivity index (χ2v) is 3.24. The highest BCUT2D eigenvalue weighted by molar-refractivity contribution is 5.50. The van der Waals surface area contributed by atoms with E-state index in [1.807, 2.05) is 13.0 Å². The number of hydrogen-bond donors (Lipinski definition) is 0. The summed E-state index contributed by atoms with van der Waals surface area (Å²) >= 11 is 0. The Morgan fingerprint density at radius 2 is 2.21 bits per heavy atom. The molecule has 0 heterocycles. The number of aryl methyl sites for hydroxylation is 1. The summed E-state index contributed by atoms with van der Waals surface area (Å²) in [5.41, 5.74) is 2.38. The SMILES string of the molecule is C=C[C](C)c1cccc(CC)c1OC.